The normalized spacial score (nSPS) is 13.0. The van der Waals surface area contributed by atoms with Gasteiger partial charge in [-0.2, -0.15) is 0 Å². The van der Waals surface area contributed by atoms with Crippen molar-refractivity contribution in [3.8, 4) is 22.5 Å². The first-order valence-corrected chi connectivity index (χ1v) is 13.8. The Morgan fingerprint density at radius 2 is 1.11 bits per heavy atom. The largest absolute Gasteiger partial charge is 2.00 e. The van der Waals surface area contributed by atoms with E-state index in [0.717, 1.165) is 33.9 Å². The second-order valence-electron chi connectivity index (χ2n) is 10.9. The van der Waals surface area contributed by atoms with E-state index in [4.69, 9.17) is 9.97 Å². The van der Waals surface area contributed by atoms with Crippen LogP contribution in [0.4, 0.5) is 0 Å². The van der Waals surface area contributed by atoms with E-state index in [-0.39, 0.29) is 26.5 Å². The van der Waals surface area contributed by atoms with Crippen LogP contribution in [0.1, 0.15) is 102 Å². The molecule has 38 heavy (non-hydrogen) atoms. The average molecular weight is 684 g/mol. The van der Waals surface area contributed by atoms with Crippen molar-refractivity contribution in [2.45, 2.75) is 84.5 Å². The Morgan fingerprint density at radius 1 is 0.684 bits per heavy atom. The summed E-state index contributed by atoms with van der Waals surface area (Å²) < 4.78 is 0. The number of benzene rings is 2. The number of aromatic nitrogens is 2. The predicted octanol–water partition coefficient (Wildman–Crippen LogP) is 9.54. The smallest absolute Gasteiger partial charge is 0.300 e. The van der Waals surface area contributed by atoms with Crippen LogP contribution >= 0.6 is 0 Å². The molecule has 0 aliphatic heterocycles. The maximum Gasteiger partial charge on any atom is 2.00 e. The van der Waals surface area contributed by atoms with Gasteiger partial charge in [0.25, 0.3) is 0 Å². The molecule has 0 amide bonds. The summed E-state index contributed by atoms with van der Waals surface area (Å²) in [7, 11) is 0. The van der Waals surface area contributed by atoms with Crippen molar-refractivity contribution < 1.29 is 21.1 Å². The van der Waals surface area contributed by atoms with E-state index >= 15 is 0 Å². The Hall–Kier alpha value is -2.57. The molecular formula is C35H40N2Pt. The molecule has 2 nitrogen and oxygen atoms in total. The van der Waals surface area contributed by atoms with E-state index in [2.05, 4.69) is 114 Å². The van der Waals surface area contributed by atoms with Crippen molar-refractivity contribution in [1.82, 2.24) is 9.97 Å². The molecular weight excluding hydrogens is 643 g/mol. The van der Waals surface area contributed by atoms with E-state index in [1.165, 1.54) is 36.8 Å². The van der Waals surface area contributed by atoms with Crippen LogP contribution in [0.2, 0.25) is 0 Å². The quantitative estimate of drug-likeness (QED) is 0.156. The molecule has 3 heteroatoms. The first-order valence-electron chi connectivity index (χ1n) is 13.8. The third-order valence-electron chi connectivity index (χ3n) is 7.56. The first kappa shape index (κ1) is 30.0. The summed E-state index contributed by atoms with van der Waals surface area (Å²) in [6.07, 6.45) is 4.74. The fraction of sp³-hybridized carbons (Fsp3) is 0.371. The summed E-state index contributed by atoms with van der Waals surface area (Å²) in [5.74, 6) is 1.07. The van der Waals surface area contributed by atoms with Gasteiger partial charge in [0.2, 0.25) is 0 Å². The second kappa shape index (κ2) is 13.5. The van der Waals surface area contributed by atoms with E-state index < -0.39 is 0 Å². The van der Waals surface area contributed by atoms with Gasteiger partial charge >= 0.3 is 21.1 Å². The average Bonchev–Trinajstić information content (AvgIpc) is 2.93. The first-order chi connectivity index (χ1) is 17.8. The number of pyridine rings is 2. The van der Waals surface area contributed by atoms with Crippen LogP contribution in [0.15, 0.2) is 72.8 Å². The van der Waals surface area contributed by atoms with Crippen LogP contribution in [-0.4, -0.2) is 9.97 Å². The maximum absolute atomic E-state index is 5.12. The van der Waals surface area contributed by atoms with Gasteiger partial charge in [-0.3, -0.25) is 0 Å². The van der Waals surface area contributed by atoms with Crippen LogP contribution in [0.3, 0.4) is 0 Å². The minimum atomic E-state index is -0.355. The summed E-state index contributed by atoms with van der Waals surface area (Å²) >= 11 is 0. The van der Waals surface area contributed by atoms with Crippen molar-refractivity contribution in [3.05, 3.63) is 107 Å². The Labute approximate surface area is 244 Å². The van der Waals surface area contributed by atoms with Gasteiger partial charge in [0.15, 0.2) is 0 Å². The van der Waals surface area contributed by atoms with Crippen LogP contribution in [0.25, 0.3) is 22.5 Å². The Kier molecular flexibility index (Phi) is 10.6. The molecule has 0 aliphatic rings. The fourth-order valence-electron chi connectivity index (χ4n) is 5.07. The van der Waals surface area contributed by atoms with Gasteiger partial charge in [-0.25, -0.2) is 0 Å². The van der Waals surface area contributed by atoms with Crippen LogP contribution < -0.4 is 0 Å². The topological polar surface area (TPSA) is 25.8 Å². The molecule has 2 unspecified atom stereocenters. The standard InChI is InChI=1S/C35H40N2.Pt/c1-7-13-25(3)27-15-9-17-29(23-27)31-19-11-21-33(36-31)35(5,6)34-22-12-20-32(37-34)30-18-10-16-28(24-30)26(4)14-8-2;/h9-12,15-16,19-26H,7-8,13-14H2,1-6H3;/q-2;+2. The van der Waals surface area contributed by atoms with Crippen molar-refractivity contribution in [2.75, 3.05) is 0 Å². The van der Waals surface area contributed by atoms with Crippen LogP contribution in [0.5, 0.6) is 0 Å². The third kappa shape index (κ3) is 6.89. The van der Waals surface area contributed by atoms with Crippen LogP contribution in [0, 0.1) is 12.1 Å². The molecule has 4 rings (SSSR count). The maximum atomic E-state index is 5.12. The Morgan fingerprint density at radius 3 is 1.50 bits per heavy atom. The van der Waals surface area contributed by atoms with Gasteiger partial charge in [0.05, 0.1) is 0 Å². The van der Waals surface area contributed by atoms with Crippen molar-refractivity contribution in [1.29, 1.82) is 0 Å². The zero-order valence-electron chi connectivity index (χ0n) is 23.6. The van der Waals surface area contributed by atoms with Gasteiger partial charge in [-0.05, 0) is 62.0 Å². The third-order valence-corrected chi connectivity index (χ3v) is 7.56. The minimum absolute atomic E-state index is 0. The van der Waals surface area contributed by atoms with E-state index in [9.17, 15) is 0 Å². The van der Waals surface area contributed by atoms with Gasteiger partial charge in [-0.1, -0.05) is 64.8 Å². The van der Waals surface area contributed by atoms with Gasteiger partial charge in [0, 0.05) is 16.8 Å². The molecule has 0 aliphatic carbocycles. The number of hydrogen-bond acceptors (Lipinski definition) is 2. The summed E-state index contributed by atoms with van der Waals surface area (Å²) in [6.45, 7) is 13.5. The summed E-state index contributed by atoms with van der Waals surface area (Å²) in [5.41, 5.74) is 8.36. The molecule has 0 bridgehead atoms. The van der Waals surface area contributed by atoms with Gasteiger partial charge in [-0.15, -0.1) is 70.8 Å². The van der Waals surface area contributed by atoms with E-state index in [1.807, 2.05) is 12.1 Å². The summed E-state index contributed by atoms with van der Waals surface area (Å²) in [4.78, 5) is 10.2. The van der Waals surface area contributed by atoms with E-state index in [1.54, 1.807) is 0 Å². The summed E-state index contributed by atoms with van der Waals surface area (Å²) in [6, 6.07) is 32.4. The number of rotatable bonds is 10. The zero-order chi connectivity index (χ0) is 26.4. The SMILES string of the molecule is CCCC(C)c1cc[c-]c(-c2cccc(C(C)(C)c3cccc(-c4[c-]ccc(C(C)CCC)c4)n3)n2)c1.[Pt+2]. The molecule has 0 fully saturated rings. The second-order valence-corrected chi connectivity index (χ2v) is 10.9. The molecule has 2 heterocycles. The molecule has 2 atom stereocenters. The molecule has 0 N–H and O–H groups in total. The Balaban J connectivity index is 0.00000400. The molecule has 0 spiro atoms. The van der Waals surface area contributed by atoms with Crippen molar-refractivity contribution in [2.24, 2.45) is 0 Å². The molecule has 4 aromatic rings. The number of nitrogens with zero attached hydrogens (tertiary/aromatic N) is 2. The summed E-state index contributed by atoms with van der Waals surface area (Å²) in [5, 5.41) is 0. The minimum Gasteiger partial charge on any atom is -0.300 e. The number of hydrogen-bond donors (Lipinski definition) is 0. The van der Waals surface area contributed by atoms with Gasteiger partial charge in [0.1, 0.15) is 0 Å². The van der Waals surface area contributed by atoms with Crippen molar-refractivity contribution in [3.63, 3.8) is 0 Å². The van der Waals surface area contributed by atoms with Crippen molar-refractivity contribution >= 4 is 0 Å². The molecule has 0 saturated heterocycles. The van der Waals surface area contributed by atoms with E-state index in [0.29, 0.717) is 11.8 Å². The van der Waals surface area contributed by atoms with Crippen LogP contribution in [-0.2, 0) is 26.5 Å². The van der Waals surface area contributed by atoms with Gasteiger partial charge < -0.3 is 9.97 Å². The molecule has 2 aromatic heterocycles. The zero-order valence-corrected chi connectivity index (χ0v) is 25.9. The fourth-order valence-corrected chi connectivity index (χ4v) is 5.07. The Bertz CT molecular complexity index is 1230. The molecule has 0 saturated carbocycles. The predicted molar refractivity (Wildman–Crippen MR) is 156 cm³/mol. The molecule has 0 radical (unpaired) electrons. The monoisotopic (exact) mass is 683 g/mol. The molecule has 2 aromatic carbocycles. The molecule has 200 valence electrons.